The van der Waals surface area contributed by atoms with E-state index in [1.165, 1.54) is 17.7 Å². The lowest BCUT2D eigenvalue weighted by Crippen LogP contribution is -1.98. The molecule has 0 saturated carbocycles. The first-order chi connectivity index (χ1) is 12.1. The molecule has 3 aromatic heterocycles. The maximum atomic E-state index is 14.5. The van der Waals surface area contributed by atoms with Gasteiger partial charge >= 0.3 is 0 Å². The summed E-state index contributed by atoms with van der Waals surface area (Å²) in [5, 5.41) is 11.2. The molecule has 0 radical (unpaired) electrons. The van der Waals surface area contributed by atoms with Crippen LogP contribution in [0.4, 0.5) is 8.78 Å². The number of hydrogen-bond donors (Lipinski definition) is 1. The second-order valence-electron chi connectivity index (χ2n) is 5.84. The van der Waals surface area contributed by atoms with Gasteiger partial charge in [0.2, 0.25) is 0 Å². The van der Waals surface area contributed by atoms with E-state index < -0.39 is 18.2 Å². The van der Waals surface area contributed by atoms with Gasteiger partial charge in [0, 0.05) is 29.1 Å². The minimum absolute atomic E-state index is 0.245. The molecule has 3 heterocycles. The molecule has 0 atom stereocenters. The van der Waals surface area contributed by atoms with Gasteiger partial charge in [0.25, 0.3) is 0 Å². The number of aliphatic hydroxyl groups excluding tert-OH is 1. The van der Waals surface area contributed by atoms with Crippen molar-refractivity contribution in [3.05, 3.63) is 70.9 Å². The van der Waals surface area contributed by atoms with E-state index in [0.29, 0.717) is 5.56 Å². The smallest absolute Gasteiger partial charge is 0.139 e. The Bertz CT molecular complexity index is 1080. The number of aliphatic hydroxyl groups is 1. The van der Waals surface area contributed by atoms with Crippen molar-refractivity contribution in [2.45, 2.75) is 13.5 Å². The van der Waals surface area contributed by atoms with E-state index in [-0.39, 0.29) is 11.1 Å². The maximum Gasteiger partial charge on any atom is 0.139 e. The molecule has 4 rings (SSSR count). The second-order valence-corrected chi connectivity index (χ2v) is 6.75. The largest absolute Gasteiger partial charge is 0.391 e. The van der Waals surface area contributed by atoms with Crippen LogP contribution in [0, 0.1) is 18.6 Å². The summed E-state index contributed by atoms with van der Waals surface area (Å²) in [6.45, 7) is 1.35. The summed E-state index contributed by atoms with van der Waals surface area (Å²) in [5.41, 5.74) is 3.29. The lowest BCUT2D eigenvalue weighted by atomic mass is 10.0. The van der Waals surface area contributed by atoms with Gasteiger partial charge in [-0.25, -0.2) is 13.8 Å². The van der Waals surface area contributed by atoms with Gasteiger partial charge in [0.05, 0.1) is 17.2 Å². The quantitative estimate of drug-likeness (QED) is 0.572. The van der Waals surface area contributed by atoms with Gasteiger partial charge in [-0.05, 0) is 48.2 Å². The second kappa shape index (κ2) is 6.06. The van der Waals surface area contributed by atoms with E-state index in [2.05, 4.69) is 16.4 Å². The van der Waals surface area contributed by atoms with Crippen LogP contribution in [0.1, 0.15) is 11.1 Å². The van der Waals surface area contributed by atoms with E-state index in [1.54, 1.807) is 29.7 Å². The van der Waals surface area contributed by atoms with Crippen LogP contribution < -0.4 is 0 Å². The monoisotopic (exact) mass is 356 g/mol. The minimum Gasteiger partial charge on any atom is -0.391 e. The first-order valence-corrected chi connectivity index (χ1v) is 8.57. The number of aromatic nitrogens is 2. The first-order valence-electron chi connectivity index (χ1n) is 7.69. The van der Waals surface area contributed by atoms with E-state index in [1.807, 2.05) is 17.5 Å². The Kier molecular flexibility index (Phi) is 3.86. The molecule has 0 spiro atoms. The van der Waals surface area contributed by atoms with Crippen molar-refractivity contribution in [1.29, 1.82) is 0 Å². The Morgan fingerprint density at radius 1 is 1.16 bits per heavy atom. The van der Waals surface area contributed by atoms with Crippen LogP contribution in [0.2, 0.25) is 0 Å². The topological polar surface area (TPSA) is 37.5 Å². The van der Waals surface area contributed by atoms with Crippen LogP contribution in [-0.2, 0) is 6.61 Å². The molecular formula is C19H14F2N2OS. The summed E-state index contributed by atoms with van der Waals surface area (Å²) < 4.78 is 29.9. The third-order valence-corrected chi connectivity index (χ3v) is 5.16. The predicted octanol–water partition coefficient (Wildman–Crippen LogP) is 4.81. The van der Waals surface area contributed by atoms with Gasteiger partial charge in [-0.2, -0.15) is 0 Å². The zero-order valence-electron chi connectivity index (χ0n) is 13.3. The molecule has 4 aromatic rings. The number of pyridine rings is 1. The van der Waals surface area contributed by atoms with Crippen LogP contribution in [0.5, 0.6) is 0 Å². The molecular weight excluding hydrogens is 342 g/mol. The average Bonchev–Trinajstić information content (AvgIpc) is 3.20. The van der Waals surface area contributed by atoms with Crippen molar-refractivity contribution in [2.75, 3.05) is 0 Å². The number of fused-ring (bicyclic) bond motifs is 1. The fourth-order valence-electron chi connectivity index (χ4n) is 2.80. The molecule has 1 N–H and O–H groups in total. The first kappa shape index (κ1) is 15.9. The molecule has 1 aromatic carbocycles. The van der Waals surface area contributed by atoms with Gasteiger partial charge in [0.1, 0.15) is 17.3 Å². The highest BCUT2D eigenvalue weighted by atomic mass is 32.1. The average molecular weight is 356 g/mol. The van der Waals surface area contributed by atoms with Crippen LogP contribution in [0.15, 0.2) is 48.1 Å². The van der Waals surface area contributed by atoms with Crippen LogP contribution in [0.3, 0.4) is 0 Å². The van der Waals surface area contributed by atoms with Crippen LogP contribution >= 0.6 is 11.3 Å². The number of rotatable bonds is 3. The van der Waals surface area contributed by atoms with E-state index >= 15 is 0 Å². The van der Waals surface area contributed by atoms with Crippen molar-refractivity contribution in [3.8, 4) is 21.7 Å². The highest BCUT2D eigenvalue weighted by molar-refractivity contribution is 7.13. The third-order valence-electron chi connectivity index (χ3n) is 4.09. The van der Waals surface area contributed by atoms with Crippen LogP contribution in [0.25, 0.3) is 27.3 Å². The highest BCUT2D eigenvalue weighted by Gasteiger charge is 2.15. The van der Waals surface area contributed by atoms with Crippen molar-refractivity contribution in [2.24, 2.45) is 0 Å². The minimum atomic E-state index is -0.747. The zero-order chi connectivity index (χ0) is 17.6. The Balaban J connectivity index is 1.82. The van der Waals surface area contributed by atoms with Crippen molar-refractivity contribution in [3.63, 3.8) is 0 Å². The highest BCUT2D eigenvalue weighted by Crippen LogP contribution is 2.30. The third kappa shape index (κ3) is 2.73. The zero-order valence-corrected chi connectivity index (χ0v) is 14.1. The Labute approximate surface area is 146 Å². The summed E-state index contributed by atoms with van der Waals surface area (Å²) in [6, 6.07) is 8.15. The molecule has 0 aliphatic heterocycles. The fourth-order valence-corrected chi connectivity index (χ4v) is 3.65. The molecule has 0 unspecified atom stereocenters. The van der Waals surface area contributed by atoms with E-state index in [0.717, 1.165) is 16.2 Å². The molecule has 0 aliphatic rings. The number of thiophene rings is 1. The lowest BCUT2D eigenvalue weighted by molar-refractivity contribution is 0.269. The maximum absolute atomic E-state index is 14.5. The summed E-state index contributed by atoms with van der Waals surface area (Å²) in [6.07, 6.45) is 3.64. The normalized spacial score (nSPS) is 11.4. The SMILES string of the molecule is Cc1csc(-c2cn3cc(-c4ccc(F)c(CO)c4F)ccc3n2)c1. The predicted molar refractivity (Wildman–Crippen MR) is 94.5 cm³/mol. The molecule has 0 bridgehead atoms. The number of benzene rings is 1. The van der Waals surface area contributed by atoms with Gasteiger partial charge in [0.15, 0.2) is 0 Å². The number of aryl methyl sites for hydroxylation is 1. The van der Waals surface area contributed by atoms with Gasteiger partial charge in [-0.15, -0.1) is 11.3 Å². The van der Waals surface area contributed by atoms with Crippen LogP contribution in [-0.4, -0.2) is 14.5 Å². The Morgan fingerprint density at radius 2 is 2.00 bits per heavy atom. The fraction of sp³-hybridized carbons (Fsp3) is 0.105. The van der Waals surface area contributed by atoms with Crippen molar-refractivity contribution in [1.82, 2.24) is 9.38 Å². The summed E-state index contributed by atoms with van der Waals surface area (Å²) in [4.78, 5) is 5.65. The van der Waals surface area contributed by atoms with Crippen molar-refractivity contribution >= 4 is 17.0 Å². The number of halogens is 2. The van der Waals surface area contributed by atoms with Gasteiger partial charge < -0.3 is 9.51 Å². The molecule has 0 aliphatic carbocycles. The number of nitrogens with zero attached hydrogens (tertiary/aromatic N) is 2. The Morgan fingerprint density at radius 3 is 2.72 bits per heavy atom. The molecule has 0 fully saturated rings. The van der Waals surface area contributed by atoms with Gasteiger partial charge in [-0.1, -0.05) is 0 Å². The molecule has 25 heavy (non-hydrogen) atoms. The number of hydrogen-bond acceptors (Lipinski definition) is 3. The summed E-state index contributed by atoms with van der Waals surface area (Å²) >= 11 is 1.62. The molecule has 6 heteroatoms. The molecule has 0 amide bonds. The number of imidazole rings is 1. The summed E-state index contributed by atoms with van der Waals surface area (Å²) in [5.74, 6) is -1.49. The van der Waals surface area contributed by atoms with E-state index in [4.69, 9.17) is 0 Å². The molecule has 0 saturated heterocycles. The standard InChI is InChI=1S/C19H14F2N2OS/c1-11-6-17(25-10-11)16-8-23-7-12(2-5-18(23)22-16)13-3-4-15(20)14(9-24)19(13)21/h2-8,10,24H,9H2,1H3. The van der Waals surface area contributed by atoms with Crippen molar-refractivity contribution < 1.29 is 13.9 Å². The molecule has 3 nitrogen and oxygen atoms in total. The lowest BCUT2D eigenvalue weighted by Gasteiger charge is -2.08. The van der Waals surface area contributed by atoms with E-state index in [9.17, 15) is 13.9 Å². The molecule has 126 valence electrons. The van der Waals surface area contributed by atoms with Gasteiger partial charge in [-0.3, -0.25) is 0 Å². The summed E-state index contributed by atoms with van der Waals surface area (Å²) in [7, 11) is 0. The Hall–Kier alpha value is -2.57.